The maximum Gasteiger partial charge on any atom is 0.251 e. The van der Waals surface area contributed by atoms with Crippen molar-refractivity contribution in [2.24, 2.45) is 5.92 Å². The minimum Gasteiger partial charge on any atom is -0.366 e. The van der Waals surface area contributed by atoms with Crippen molar-refractivity contribution in [2.75, 3.05) is 11.9 Å². The molecule has 1 heterocycles. The van der Waals surface area contributed by atoms with E-state index in [9.17, 15) is 9.59 Å². The number of nitrogens with zero attached hydrogens (tertiary/aromatic N) is 3. The molecule has 0 radical (unpaired) electrons. The number of rotatable bonds is 7. The van der Waals surface area contributed by atoms with Gasteiger partial charge in [-0.1, -0.05) is 12.8 Å². The Hall–Kier alpha value is -3.34. The van der Waals surface area contributed by atoms with Gasteiger partial charge in [0.25, 0.3) is 5.91 Å². The summed E-state index contributed by atoms with van der Waals surface area (Å²) >= 11 is 0. The molecule has 1 aromatic heterocycles. The van der Waals surface area contributed by atoms with Gasteiger partial charge in [-0.05, 0) is 43.2 Å². The molecule has 2 atom stereocenters. The summed E-state index contributed by atoms with van der Waals surface area (Å²) in [6, 6.07) is 10.8. The normalized spacial score (nSPS) is 18.7. The maximum atomic E-state index is 12.6. The average molecular weight is 380 g/mol. The van der Waals surface area contributed by atoms with Crippen LogP contribution in [0.5, 0.6) is 0 Å². The van der Waals surface area contributed by atoms with E-state index in [0.29, 0.717) is 12.2 Å². The number of nitrogens with one attached hydrogen (secondary N) is 3. The zero-order valence-corrected chi connectivity index (χ0v) is 15.6. The monoisotopic (exact) mass is 380 g/mol. The third kappa shape index (κ3) is 5.10. The Morgan fingerprint density at radius 3 is 2.71 bits per heavy atom. The molecular weight excluding hydrogens is 356 g/mol. The van der Waals surface area contributed by atoms with Crippen molar-refractivity contribution in [2.45, 2.75) is 38.4 Å². The third-order valence-electron chi connectivity index (χ3n) is 4.91. The van der Waals surface area contributed by atoms with Crippen LogP contribution >= 0.6 is 0 Å². The molecule has 2 aromatic rings. The number of carbonyl (C=O) groups is 2. The molecular formula is C20H24N6O2. The Morgan fingerprint density at radius 1 is 1.21 bits per heavy atom. The molecule has 1 aromatic carbocycles. The van der Waals surface area contributed by atoms with E-state index in [4.69, 9.17) is 5.26 Å². The quantitative estimate of drug-likeness (QED) is 0.635. The van der Waals surface area contributed by atoms with Crippen molar-refractivity contribution in [1.29, 1.82) is 5.26 Å². The van der Waals surface area contributed by atoms with Crippen molar-refractivity contribution >= 4 is 17.5 Å². The predicted molar refractivity (Wildman–Crippen MR) is 104 cm³/mol. The summed E-state index contributed by atoms with van der Waals surface area (Å²) in [5.74, 6) is -0.644. The first-order valence-corrected chi connectivity index (χ1v) is 9.44. The number of hydrogen-bond acceptors (Lipinski definition) is 5. The van der Waals surface area contributed by atoms with Gasteiger partial charge in [0.15, 0.2) is 0 Å². The number of aromatic nitrogens is 2. The van der Waals surface area contributed by atoms with Crippen molar-refractivity contribution < 1.29 is 9.59 Å². The van der Waals surface area contributed by atoms with Gasteiger partial charge in [-0.2, -0.15) is 10.4 Å². The Balaban J connectivity index is 1.56. The average Bonchev–Trinajstić information content (AvgIpc) is 3.25. The lowest BCUT2D eigenvalue weighted by Gasteiger charge is -2.31. The molecule has 1 fully saturated rings. The van der Waals surface area contributed by atoms with Crippen LogP contribution in [-0.4, -0.2) is 34.2 Å². The number of amides is 2. The number of hydrogen-bond donors (Lipinski definition) is 3. The molecule has 0 unspecified atom stereocenters. The van der Waals surface area contributed by atoms with Gasteiger partial charge in [0.1, 0.15) is 13.2 Å². The van der Waals surface area contributed by atoms with Crippen molar-refractivity contribution in [3.63, 3.8) is 0 Å². The molecule has 28 heavy (non-hydrogen) atoms. The summed E-state index contributed by atoms with van der Waals surface area (Å²) in [6.45, 7) is 0.531. The summed E-state index contributed by atoms with van der Waals surface area (Å²) in [7, 11) is 0. The molecule has 3 rings (SSSR count). The van der Waals surface area contributed by atoms with Crippen LogP contribution in [0.15, 0.2) is 42.7 Å². The number of benzene rings is 1. The van der Waals surface area contributed by atoms with Gasteiger partial charge >= 0.3 is 0 Å². The molecule has 1 saturated carbocycles. The van der Waals surface area contributed by atoms with E-state index in [1.807, 2.05) is 30.5 Å². The van der Waals surface area contributed by atoms with Crippen LogP contribution < -0.4 is 16.0 Å². The van der Waals surface area contributed by atoms with Crippen LogP contribution in [0.1, 0.15) is 36.0 Å². The molecule has 0 saturated heterocycles. The highest BCUT2D eigenvalue weighted by Crippen LogP contribution is 2.25. The summed E-state index contributed by atoms with van der Waals surface area (Å²) in [5, 5.41) is 21.6. The van der Waals surface area contributed by atoms with Crippen molar-refractivity contribution in [3.05, 3.63) is 48.3 Å². The molecule has 8 nitrogen and oxygen atoms in total. The van der Waals surface area contributed by atoms with Crippen molar-refractivity contribution in [3.8, 4) is 6.07 Å². The van der Waals surface area contributed by atoms with Gasteiger partial charge in [0.2, 0.25) is 5.91 Å². The zero-order chi connectivity index (χ0) is 19.8. The number of nitriles is 1. The molecule has 1 aliphatic rings. The maximum absolute atomic E-state index is 12.6. The first-order valence-electron chi connectivity index (χ1n) is 9.44. The Morgan fingerprint density at radius 2 is 2.00 bits per heavy atom. The van der Waals surface area contributed by atoms with Gasteiger partial charge in [-0.3, -0.25) is 14.3 Å². The van der Waals surface area contributed by atoms with Crippen LogP contribution in [0.2, 0.25) is 0 Å². The van der Waals surface area contributed by atoms with E-state index in [1.54, 1.807) is 23.0 Å². The highest BCUT2D eigenvalue weighted by atomic mass is 16.2. The largest absolute Gasteiger partial charge is 0.366 e. The van der Waals surface area contributed by atoms with Gasteiger partial charge < -0.3 is 16.0 Å². The fraction of sp³-hybridized carbons (Fsp3) is 0.400. The molecule has 1 aliphatic carbocycles. The van der Waals surface area contributed by atoms with E-state index in [1.165, 1.54) is 0 Å². The van der Waals surface area contributed by atoms with Crippen LogP contribution in [0, 0.1) is 17.2 Å². The van der Waals surface area contributed by atoms with E-state index in [0.717, 1.165) is 31.4 Å². The van der Waals surface area contributed by atoms with Crippen LogP contribution in [0.25, 0.3) is 0 Å². The fourth-order valence-corrected chi connectivity index (χ4v) is 3.43. The Kier molecular flexibility index (Phi) is 6.63. The van der Waals surface area contributed by atoms with Gasteiger partial charge in [0, 0.05) is 29.7 Å². The second-order valence-electron chi connectivity index (χ2n) is 6.80. The highest BCUT2D eigenvalue weighted by molar-refractivity contribution is 5.95. The summed E-state index contributed by atoms with van der Waals surface area (Å²) < 4.78 is 1.77. The molecule has 0 spiro atoms. The van der Waals surface area contributed by atoms with E-state index < -0.39 is 0 Å². The van der Waals surface area contributed by atoms with E-state index in [-0.39, 0.29) is 30.3 Å². The first kappa shape index (κ1) is 19.4. The van der Waals surface area contributed by atoms with Crippen molar-refractivity contribution in [1.82, 2.24) is 20.4 Å². The Bertz CT molecular complexity index is 825. The number of carbonyl (C=O) groups excluding carboxylic acids is 2. The lowest BCUT2D eigenvalue weighted by molar-refractivity contribution is -0.126. The topological polar surface area (TPSA) is 112 Å². The van der Waals surface area contributed by atoms with E-state index in [2.05, 4.69) is 21.0 Å². The standard InChI is InChI=1S/C20H24N6O2/c21-10-12-22-20(28)17-4-1-2-5-18(17)25-19(27)15-6-8-16(9-7-15)23-14-26-13-3-11-24-26/h3,6-9,11,13,17-18,23H,1-2,4-5,12,14H2,(H,22,28)(H,25,27)/t17-,18+/m1/s1. The second-order valence-corrected chi connectivity index (χ2v) is 6.80. The highest BCUT2D eigenvalue weighted by Gasteiger charge is 2.32. The summed E-state index contributed by atoms with van der Waals surface area (Å²) in [5.41, 5.74) is 1.44. The molecule has 0 aliphatic heterocycles. The minimum atomic E-state index is -0.291. The molecule has 0 bridgehead atoms. The van der Waals surface area contributed by atoms with Gasteiger partial charge in [-0.15, -0.1) is 0 Å². The molecule has 2 amide bonds. The lowest BCUT2D eigenvalue weighted by atomic mass is 9.83. The SMILES string of the molecule is N#CCNC(=O)[C@@H]1CCCC[C@@H]1NC(=O)c1ccc(NCn2cccn2)cc1. The summed E-state index contributed by atoms with van der Waals surface area (Å²) in [6.07, 6.45) is 6.99. The minimum absolute atomic E-state index is 0.0109. The third-order valence-corrected chi connectivity index (χ3v) is 4.91. The molecule has 8 heteroatoms. The zero-order valence-electron chi connectivity index (χ0n) is 15.6. The number of anilines is 1. The fourth-order valence-electron chi connectivity index (χ4n) is 3.43. The van der Waals surface area contributed by atoms with Crippen LogP contribution in [-0.2, 0) is 11.5 Å². The summed E-state index contributed by atoms with van der Waals surface area (Å²) in [4.78, 5) is 24.9. The van der Waals surface area contributed by atoms with Gasteiger partial charge in [0.05, 0.1) is 12.0 Å². The molecule has 3 N–H and O–H groups in total. The van der Waals surface area contributed by atoms with E-state index >= 15 is 0 Å². The predicted octanol–water partition coefficient (Wildman–Crippen LogP) is 1.88. The second kappa shape index (κ2) is 9.55. The molecule has 146 valence electrons. The van der Waals surface area contributed by atoms with Gasteiger partial charge in [-0.25, -0.2) is 0 Å². The lowest BCUT2D eigenvalue weighted by Crippen LogP contribution is -2.48. The first-order chi connectivity index (χ1) is 13.7. The Labute approximate surface area is 163 Å². The smallest absolute Gasteiger partial charge is 0.251 e. The van der Waals surface area contributed by atoms with Crippen LogP contribution in [0.3, 0.4) is 0 Å². The van der Waals surface area contributed by atoms with Crippen LogP contribution in [0.4, 0.5) is 5.69 Å².